The molecule has 0 aliphatic heterocycles. The van der Waals surface area contributed by atoms with Crippen molar-refractivity contribution in [1.82, 2.24) is 0 Å². The number of hydrogen-bond acceptors (Lipinski definition) is 2. The van der Waals surface area contributed by atoms with Crippen LogP contribution in [-0.2, 0) is 4.84 Å². The number of rotatable bonds is 6. The minimum Gasteiger partial charge on any atom is -0.383 e. The summed E-state index contributed by atoms with van der Waals surface area (Å²) in [6, 6.07) is 23.2. The molecular formula is C23H19Cl2NO. The molecule has 1 atom stereocenters. The summed E-state index contributed by atoms with van der Waals surface area (Å²) in [5.41, 5.74) is 4.19. The summed E-state index contributed by atoms with van der Waals surface area (Å²) >= 11 is 11.9. The van der Waals surface area contributed by atoms with Gasteiger partial charge in [-0.2, -0.15) is 0 Å². The maximum absolute atomic E-state index is 6.00. The van der Waals surface area contributed by atoms with Crippen LogP contribution in [0, 0.1) is 6.92 Å². The minimum absolute atomic E-state index is 0.334. The summed E-state index contributed by atoms with van der Waals surface area (Å²) in [5, 5.41) is 5.56. The molecule has 0 heterocycles. The van der Waals surface area contributed by atoms with E-state index in [-0.39, 0.29) is 6.10 Å². The Labute approximate surface area is 169 Å². The van der Waals surface area contributed by atoms with Crippen molar-refractivity contribution in [3.8, 4) is 0 Å². The van der Waals surface area contributed by atoms with E-state index in [1.807, 2.05) is 84.9 Å². The molecular weight excluding hydrogens is 377 g/mol. The quantitative estimate of drug-likeness (QED) is 0.321. The molecule has 3 aromatic carbocycles. The third kappa shape index (κ3) is 5.99. The van der Waals surface area contributed by atoms with Crippen LogP contribution in [0.1, 0.15) is 28.4 Å². The van der Waals surface area contributed by atoms with E-state index in [0.29, 0.717) is 10.0 Å². The first-order chi connectivity index (χ1) is 13.1. The molecule has 1 unspecified atom stereocenters. The summed E-state index contributed by atoms with van der Waals surface area (Å²) in [6.07, 6.45) is 5.31. The van der Waals surface area contributed by atoms with Crippen LogP contribution in [0.15, 0.2) is 84.0 Å². The SMILES string of the molecule is Cc1ccc(/C=N/OC(/C=C/c2ccc(Cl)cc2)c2ccc(Cl)cc2)cc1. The third-order valence-electron chi connectivity index (χ3n) is 3.99. The fourth-order valence-electron chi connectivity index (χ4n) is 2.44. The molecule has 0 saturated carbocycles. The third-order valence-corrected chi connectivity index (χ3v) is 4.49. The molecule has 0 aliphatic rings. The zero-order valence-corrected chi connectivity index (χ0v) is 16.4. The van der Waals surface area contributed by atoms with Crippen LogP contribution in [0.25, 0.3) is 6.08 Å². The van der Waals surface area contributed by atoms with Crippen molar-refractivity contribution in [2.75, 3.05) is 0 Å². The molecule has 0 N–H and O–H groups in total. The Balaban J connectivity index is 1.77. The highest BCUT2D eigenvalue weighted by Crippen LogP contribution is 2.23. The Morgan fingerprint density at radius 3 is 1.96 bits per heavy atom. The Bertz CT molecular complexity index is 914. The van der Waals surface area contributed by atoms with Crippen molar-refractivity contribution in [3.63, 3.8) is 0 Å². The van der Waals surface area contributed by atoms with E-state index in [9.17, 15) is 0 Å². The van der Waals surface area contributed by atoms with Gasteiger partial charge in [0.1, 0.15) is 0 Å². The first kappa shape index (κ1) is 19.2. The summed E-state index contributed by atoms with van der Waals surface area (Å²) in [4.78, 5) is 5.76. The van der Waals surface area contributed by atoms with E-state index in [4.69, 9.17) is 28.0 Å². The van der Waals surface area contributed by atoms with Gasteiger partial charge in [0.05, 0.1) is 6.21 Å². The molecule has 0 spiro atoms. The highest BCUT2D eigenvalue weighted by atomic mass is 35.5. The number of oxime groups is 1. The second kappa shape index (κ2) is 9.40. The minimum atomic E-state index is -0.334. The standard InChI is InChI=1S/C23H19Cl2NO/c1-17-2-4-19(5-3-17)16-26-27-23(20-9-13-22(25)14-10-20)15-8-18-6-11-21(24)12-7-18/h2-16,23H,1H3/b15-8+,26-16+. The highest BCUT2D eigenvalue weighted by Gasteiger charge is 2.09. The van der Waals surface area contributed by atoms with Crippen LogP contribution in [0.2, 0.25) is 10.0 Å². The summed E-state index contributed by atoms with van der Waals surface area (Å²) in [5.74, 6) is 0. The van der Waals surface area contributed by atoms with Crippen LogP contribution < -0.4 is 0 Å². The number of nitrogens with zero attached hydrogens (tertiary/aromatic N) is 1. The Hall–Kier alpha value is -2.55. The van der Waals surface area contributed by atoms with Crippen LogP contribution in [-0.4, -0.2) is 6.21 Å². The largest absolute Gasteiger partial charge is 0.383 e. The fourth-order valence-corrected chi connectivity index (χ4v) is 2.69. The molecule has 0 fully saturated rings. The lowest BCUT2D eigenvalue weighted by Gasteiger charge is -2.11. The molecule has 27 heavy (non-hydrogen) atoms. The topological polar surface area (TPSA) is 21.6 Å². The molecule has 3 rings (SSSR count). The van der Waals surface area contributed by atoms with Gasteiger partial charge in [0.25, 0.3) is 0 Å². The van der Waals surface area contributed by atoms with Gasteiger partial charge >= 0.3 is 0 Å². The predicted molar refractivity (Wildman–Crippen MR) is 115 cm³/mol. The first-order valence-electron chi connectivity index (χ1n) is 8.55. The smallest absolute Gasteiger partial charge is 0.171 e. The average Bonchev–Trinajstić information content (AvgIpc) is 2.68. The second-order valence-electron chi connectivity index (χ2n) is 6.13. The Morgan fingerprint density at radius 1 is 0.778 bits per heavy atom. The van der Waals surface area contributed by atoms with E-state index in [0.717, 1.165) is 16.7 Å². The normalized spacial score (nSPS) is 12.6. The van der Waals surface area contributed by atoms with E-state index >= 15 is 0 Å². The average molecular weight is 396 g/mol. The molecule has 0 bridgehead atoms. The Kier molecular flexibility index (Phi) is 6.69. The van der Waals surface area contributed by atoms with Gasteiger partial charge in [-0.05, 0) is 54.0 Å². The summed E-state index contributed by atoms with van der Waals surface area (Å²) < 4.78 is 0. The summed E-state index contributed by atoms with van der Waals surface area (Å²) in [6.45, 7) is 2.05. The van der Waals surface area contributed by atoms with Gasteiger partial charge in [-0.15, -0.1) is 0 Å². The molecule has 136 valence electrons. The van der Waals surface area contributed by atoms with Crippen molar-refractivity contribution >= 4 is 35.5 Å². The second-order valence-corrected chi connectivity index (χ2v) is 7.01. The number of benzene rings is 3. The van der Waals surface area contributed by atoms with Gasteiger partial charge in [0.2, 0.25) is 0 Å². The number of halogens is 2. The predicted octanol–water partition coefficient (Wildman–Crippen LogP) is 7.11. The van der Waals surface area contributed by atoms with Gasteiger partial charge in [-0.3, -0.25) is 0 Å². The lowest BCUT2D eigenvalue weighted by Crippen LogP contribution is -1.98. The summed E-state index contributed by atoms with van der Waals surface area (Å²) in [7, 11) is 0. The number of aryl methyl sites for hydroxylation is 1. The zero-order valence-electron chi connectivity index (χ0n) is 14.8. The maximum Gasteiger partial charge on any atom is 0.171 e. The van der Waals surface area contributed by atoms with Crippen LogP contribution in [0.5, 0.6) is 0 Å². The van der Waals surface area contributed by atoms with Crippen molar-refractivity contribution < 1.29 is 4.84 Å². The molecule has 0 amide bonds. The highest BCUT2D eigenvalue weighted by molar-refractivity contribution is 6.30. The molecule has 3 aromatic rings. The van der Waals surface area contributed by atoms with Gasteiger partial charge in [-0.1, -0.05) is 88.5 Å². The lowest BCUT2D eigenvalue weighted by atomic mass is 10.1. The maximum atomic E-state index is 6.00. The molecule has 0 saturated heterocycles. The van der Waals surface area contributed by atoms with Crippen molar-refractivity contribution in [3.05, 3.63) is 111 Å². The van der Waals surface area contributed by atoms with Crippen LogP contribution >= 0.6 is 23.2 Å². The molecule has 0 aliphatic carbocycles. The number of hydrogen-bond donors (Lipinski definition) is 0. The molecule has 0 radical (unpaired) electrons. The molecule has 2 nitrogen and oxygen atoms in total. The monoisotopic (exact) mass is 395 g/mol. The van der Waals surface area contributed by atoms with E-state index < -0.39 is 0 Å². The van der Waals surface area contributed by atoms with E-state index in [1.165, 1.54) is 5.56 Å². The Morgan fingerprint density at radius 2 is 1.33 bits per heavy atom. The van der Waals surface area contributed by atoms with Crippen molar-refractivity contribution in [2.24, 2.45) is 5.16 Å². The van der Waals surface area contributed by atoms with Crippen LogP contribution in [0.3, 0.4) is 0 Å². The van der Waals surface area contributed by atoms with Crippen molar-refractivity contribution in [2.45, 2.75) is 13.0 Å². The molecule has 4 heteroatoms. The van der Waals surface area contributed by atoms with Gasteiger partial charge < -0.3 is 4.84 Å². The first-order valence-corrected chi connectivity index (χ1v) is 9.31. The zero-order chi connectivity index (χ0) is 19.1. The van der Waals surface area contributed by atoms with Gasteiger partial charge in [0.15, 0.2) is 6.10 Å². The van der Waals surface area contributed by atoms with E-state index in [1.54, 1.807) is 6.21 Å². The van der Waals surface area contributed by atoms with Gasteiger partial charge in [-0.25, -0.2) is 0 Å². The van der Waals surface area contributed by atoms with Crippen LogP contribution in [0.4, 0.5) is 0 Å². The fraction of sp³-hybridized carbons (Fsp3) is 0.0870. The lowest BCUT2D eigenvalue weighted by molar-refractivity contribution is 0.0948. The molecule has 0 aromatic heterocycles. The van der Waals surface area contributed by atoms with Crippen molar-refractivity contribution in [1.29, 1.82) is 0 Å². The van der Waals surface area contributed by atoms with Gasteiger partial charge in [0, 0.05) is 10.0 Å². The van der Waals surface area contributed by atoms with E-state index in [2.05, 4.69) is 12.1 Å².